The van der Waals surface area contributed by atoms with Gasteiger partial charge in [0.05, 0.1) is 13.7 Å². The highest BCUT2D eigenvalue weighted by Crippen LogP contribution is 2.12. The van der Waals surface area contributed by atoms with Crippen LogP contribution in [0.3, 0.4) is 0 Å². The lowest BCUT2D eigenvalue weighted by atomic mass is 10.1. The van der Waals surface area contributed by atoms with Crippen LogP contribution < -0.4 is 15.4 Å². The first kappa shape index (κ1) is 14.5. The Morgan fingerprint density at radius 1 is 1.33 bits per heavy atom. The lowest BCUT2D eigenvalue weighted by Gasteiger charge is -2.07. The fourth-order valence-corrected chi connectivity index (χ4v) is 1.62. The molecule has 0 fully saturated rings. The minimum atomic E-state index is 0.0475. The van der Waals surface area contributed by atoms with E-state index in [4.69, 9.17) is 4.74 Å². The molecular formula is C14H22N2O2. The van der Waals surface area contributed by atoms with Crippen molar-refractivity contribution in [1.29, 1.82) is 0 Å². The van der Waals surface area contributed by atoms with E-state index in [1.807, 2.05) is 24.3 Å². The summed E-state index contributed by atoms with van der Waals surface area (Å²) in [5.74, 6) is 0.898. The summed E-state index contributed by atoms with van der Waals surface area (Å²) in [7, 11) is 1.65. The first-order valence-electron chi connectivity index (χ1n) is 6.36. The third kappa shape index (κ3) is 5.68. The maximum Gasteiger partial charge on any atom is 0.233 e. The van der Waals surface area contributed by atoms with Crippen LogP contribution in [-0.4, -0.2) is 32.7 Å². The van der Waals surface area contributed by atoms with E-state index < -0.39 is 0 Å². The van der Waals surface area contributed by atoms with E-state index in [1.54, 1.807) is 7.11 Å². The van der Waals surface area contributed by atoms with Gasteiger partial charge >= 0.3 is 0 Å². The summed E-state index contributed by atoms with van der Waals surface area (Å²) in [5.41, 5.74) is 1.16. The number of amides is 1. The van der Waals surface area contributed by atoms with E-state index in [0.29, 0.717) is 13.1 Å². The lowest BCUT2D eigenvalue weighted by molar-refractivity contribution is -0.120. The van der Waals surface area contributed by atoms with Crippen LogP contribution in [0.15, 0.2) is 24.3 Å². The van der Waals surface area contributed by atoms with Crippen LogP contribution >= 0.6 is 0 Å². The van der Waals surface area contributed by atoms with Gasteiger partial charge in [0, 0.05) is 6.54 Å². The Labute approximate surface area is 109 Å². The van der Waals surface area contributed by atoms with Crippen LogP contribution in [0, 0.1) is 0 Å². The molecule has 0 radical (unpaired) electrons. The van der Waals surface area contributed by atoms with Crippen LogP contribution in [0.5, 0.6) is 5.75 Å². The standard InChI is InChI=1S/C14H22N2O2/c1-3-8-15-11-14(17)16-9-7-12-5-4-6-13(10-12)18-2/h4-6,10,15H,3,7-9,11H2,1-2H3,(H,16,17). The van der Waals surface area contributed by atoms with Crippen molar-refractivity contribution in [2.75, 3.05) is 26.7 Å². The molecule has 2 N–H and O–H groups in total. The molecule has 1 rings (SSSR count). The topological polar surface area (TPSA) is 50.4 Å². The van der Waals surface area contributed by atoms with Crippen LogP contribution in [-0.2, 0) is 11.2 Å². The monoisotopic (exact) mass is 250 g/mol. The summed E-state index contributed by atoms with van der Waals surface area (Å²) >= 11 is 0. The quantitative estimate of drug-likeness (QED) is 0.685. The van der Waals surface area contributed by atoms with Gasteiger partial charge in [-0.15, -0.1) is 0 Å². The Kier molecular flexibility index (Phi) is 6.87. The van der Waals surface area contributed by atoms with E-state index in [0.717, 1.165) is 30.7 Å². The highest BCUT2D eigenvalue weighted by Gasteiger charge is 2.00. The molecule has 0 heterocycles. The number of rotatable bonds is 8. The predicted molar refractivity (Wildman–Crippen MR) is 72.9 cm³/mol. The maximum atomic E-state index is 11.4. The van der Waals surface area contributed by atoms with Crippen molar-refractivity contribution >= 4 is 5.91 Å². The number of hydrogen-bond acceptors (Lipinski definition) is 3. The molecule has 0 spiro atoms. The molecule has 0 aliphatic carbocycles. The van der Waals surface area contributed by atoms with Gasteiger partial charge in [-0.3, -0.25) is 4.79 Å². The summed E-state index contributed by atoms with van der Waals surface area (Å²) in [6.07, 6.45) is 1.85. The van der Waals surface area contributed by atoms with Crippen molar-refractivity contribution in [2.24, 2.45) is 0 Å². The van der Waals surface area contributed by atoms with Crippen LogP contribution in [0.2, 0.25) is 0 Å². The largest absolute Gasteiger partial charge is 0.497 e. The lowest BCUT2D eigenvalue weighted by Crippen LogP contribution is -2.35. The minimum Gasteiger partial charge on any atom is -0.497 e. The van der Waals surface area contributed by atoms with Crippen molar-refractivity contribution in [3.63, 3.8) is 0 Å². The van der Waals surface area contributed by atoms with Crippen molar-refractivity contribution in [3.05, 3.63) is 29.8 Å². The van der Waals surface area contributed by atoms with Gasteiger partial charge in [0.15, 0.2) is 0 Å². The van der Waals surface area contributed by atoms with Crippen LogP contribution in [0.1, 0.15) is 18.9 Å². The van der Waals surface area contributed by atoms with Crippen LogP contribution in [0.25, 0.3) is 0 Å². The average Bonchev–Trinajstić information content (AvgIpc) is 2.39. The van der Waals surface area contributed by atoms with Gasteiger partial charge in [-0.25, -0.2) is 0 Å². The number of methoxy groups -OCH3 is 1. The SMILES string of the molecule is CCCNCC(=O)NCCc1cccc(OC)c1. The molecule has 0 unspecified atom stereocenters. The fourth-order valence-electron chi connectivity index (χ4n) is 1.62. The van der Waals surface area contributed by atoms with E-state index in [2.05, 4.69) is 17.6 Å². The molecule has 0 bridgehead atoms. The van der Waals surface area contributed by atoms with E-state index >= 15 is 0 Å². The van der Waals surface area contributed by atoms with Crippen LogP contribution in [0.4, 0.5) is 0 Å². The van der Waals surface area contributed by atoms with Gasteiger partial charge in [0.2, 0.25) is 5.91 Å². The number of benzene rings is 1. The van der Waals surface area contributed by atoms with Crippen molar-refractivity contribution in [1.82, 2.24) is 10.6 Å². The Morgan fingerprint density at radius 2 is 2.17 bits per heavy atom. The van der Waals surface area contributed by atoms with Crippen molar-refractivity contribution in [2.45, 2.75) is 19.8 Å². The zero-order valence-corrected chi connectivity index (χ0v) is 11.2. The second-order valence-corrected chi connectivity index (χ2v) is 4.13. The van der Waals surface area contributed by atoms with Crippen molar-refractivity contribution in [3.8, 4) is 5.75 Å². The molecule has 4 nitrogen and oxygen atoms in total. The Morgan fingerprint density at radius 3 is 2.89 bits per heavy atom. The number of carbonyl (C=O) groups excluding carboxylic acids is 1. The minimum absolute atomic E-state index is 0.0475. The van der Waals surface area contributed by atoms with E-state index in [1.165, 1.54) is 0 Å². The number of carbonyl (C=O) groups is 1. The summed E-state index contributed by atoms with van der Waals surface area (Å²) in [6, 6.07) is 7.89. The smallest absolute Gasteiger partial charge is 0.233 e. The van der Waals surface area contributed by atoms with Gasteiger partial charge in [-0.2, -0.15) is 0 Å². The molecule has 0 aromatic heterocycles. The van der Waals surface area contributed by atoms with Gasteiger partial charge < -0.3 is 15.4 Å². The molecular weight excluding hydrogens is 228 g/mol. The first-order chi connectivity index (χ1) is 8.76. The Balaban J connectivity index is 2.22. The molecule has 4 heteroatoms. The maximum absolute atomic E-state index is 11.4. The Hall–Kier alpha value is -1.55. The predicted octanol–water partition coefficient (Wildman–Crippen LogP) is 1.35. The van der Waals surface area contributed by atoms with E-state index in [9.17, 15) is 4.79 Å². The third-order valence-electron chi connectivity index (χ3n) is 2.58. The van der Waals surface area contributed by atoms with Crippen molar-refractivity contribution < 1.29 is 9.53 Å². The molecule has 1 amide bonds. The molecule has 0 atom stereocenters. The van der Waals surface area contributed by atoms with E-state index in [-0.39, 0.29) is 5.91 Å². The Bertz CT molecular complexity index is 367. The fraction of sp³-hybridized carbons (Fsp3) is 0.500. The normalized spacial score (nSPS) is 10.1. The molecule has 100 valence electrons. The summed E-state index contributed by atoms with van der Waals surface area (Å²) < 4.78 is 5.15. The number of hydrogen-bond donors (Lipinski definition) is 2. The molecule has 1 aromatic carbocycles. The number of nitrogens with one attached hydrogen (secondary N) is 2. The molecule has 1 aromatic rings. The molecule has 18 heavy (non-hydrogen) atoms. The highest BCUT2D eigenvalue weighted by atomic mass is 16.5. The third-order valence-corrected chi connectivity index (χ3v) is 2.58. The first-order valence-corrected chi connectivity index (χ1v) is 6.36. The van der Waals surface area contributed by atoms with Gasteiger partial charge in [-0.05, 0) is 37.1 Å². The average molecular weight is 250 g/mol. The summed E-state index contributed by atoms with van der Waals surface area (Å²) in [6.45, 7) is 4.00. The van der Waals surface area contributed by atoms with Gasteiger partial charge in [-0.1, -0.05) is 19.1 Å². The molecule has 0 aliphatic rings. The highest BCUT2D eigenvalue weighted by molar-refractivity contribution is 5.77. The zero-order chi connectivity index (χ0) is 13.2. The molecule has 0 aliphatic heterocycles. The van der Waals surface area contributed by atoms with Gasteiger partial charge in [0.1, 0.15) is 5.75 Å². The number of ether oxygens (including phenoxy) is 1. The summed E-state index contributed by atoms with van der Waals surface area (Å²) in [5, 5.41) is 5.95. The zero-order valence-electron chi connectivity index (χ0n) is 11.2. The van der Waals surface area contributed by atoms with Gasteiger partial charge in [0.25, 0.3) is 0 Å². The molecule has 0 saturated carbocycles. The second-order valence-electron chi connectivity index (χ2n) is 4.13. The molecule has 0 saturated heterocycles. The second kappa shape index (κ2) is 8.53. The summed E-state index contributed by atoms with van der Waals surface area (Å²) in [4.78, 5) is 11.4.